The highest BCUT2D eigenvalue weighted by Crippen LogP contribution is 2.19. The van der Waals surface area contributed by atoms with Crippen molar-refractivity contribution in [2.24, 2.45) is 10.7 Å². The van der Waals surface area contributed by atoms with E-state index in [1.165, 1.54) is 5.56 Å². The average Bonchev–Trinajstić information content (AvgIpc) is 2.49. The van der Waals surface area contributed by atoms with E-state index in [4.69, 9.17) is 10.5 Å². The van der Waals surface area contributed by atoms with Crippen molar-refractivity contribution in [3.63, 3.8) is 0 Å². The van der Waals surface area contributed by atoms with E-state index in [0.29, 0.717) is 11.9 Å². The summed E-state index contributed by atoms with van der Waals surface area (Å²) >= 11 is 0. The summed E-state index contributed by atoms with van der Waals surface area (Å²) in [5.74, 6) is 1.10. The molecule has 0 saturated carbocycles. The molecule has 1 aromatic carbocycles. The molecular weight excluding hydrogens is 238 g/mol. The molecule has 1 aliphatic rings. The van der Waals surface area contributed by atoms with Gasteiger partial charge in [-0.05, 0) is 12.0 Å². The van der Waals surface area contributed by atoms with Gasteiger partial charge in [-0.3, -0.25) is 4.99 Å². The lowest BCUT2D eigenvalue weighted by Crippen LogP contribution is -2.45. The maximum atomic E-state index is 6.05. The predicted octanol–water partition coefficient (Wildman–Crippen LogP) is 1.83. The summed E-state index contributed by atoms with van der Waals surface area (Å²) < 4.78 is 5.31. The number of hydrogen-bond acceptors (Lipinski definition) is 2. The number of rotatable bonds is 4. The van der Waals surface area contributed by atoms with Crippen molar-refractivity contribution >= 4 is 5.96 Å². The molecule has 1 fully saturated rings. The molecule has 19 heavy (non-hydrogen) atoms. The van der Waals surface area contributed by atoms with E-state index in [2.05, 4.69) is 41.1 Å². The van der Waals surface area contributed by atoms with Crippen molar-refractivity contribution in [1.29, 1.82) is 0 Å². The lowest BCUT2D eigenvalue weighted by molar-refractivity contribution is 0.0674. The molecule has 0 bridgehead atoms. The van der Waals surface area contributed by atoms with Crippen LogP contribution in [0.1, 0.15) is 24.8 Å². The third kappa shape index (κ3) is 3.96. The second kappa shape index (κ2) is 7.14. The highest BCUT2D eigenvalue weighted by atomic mass is 16.5. The molecule has 1 atom stereocenters. The van der Waals surface area contributed by atoms with E-state index in [1.807, 2.05) is 6.07 Å². The van der Waals surface area contributed by atoms with Crippen LogP contribution in [0, 0.1) is 0 Å². The number of ether oxygens (including phenoxy) is 1. The summed E-state index contributed by atoms with van der Waals surface area (Å²) in [6.07, 6.45) is 1.07. The molecule has 104 valence electrons. The van der Waals surface area contributed by atoms with Gasteiger partial charge in [0.05, 0.1) is 13.2 Å². The number of nitrogens with two attached hydrogens (primary N) is 1. The molecule has 1 heterocycles. The first-order valence-electron chi connectivity index (χ1n) is 6.98. The number of nitrogens with zero attached hydrogens (tertiary/aromatic N) is 2. The smallest absolute Gasteiger partial charge is 0.191 e. The SMILES string of the molecule is CCC(CN=C(N)N1CCOCC1)c1ccccc1. The van der Waals surface area contributed by atoms with Gasteiger partial charge in [-0.15, -0.1) is 0 Å². The molecular formula is C15H23N3O. The minimum Gasteiger partial charge on any atom is -0.378 e. The molecule has 4 nitrogen and oxygen atoms in total. The van der Waals surface area contributed by atoms with Gasteiger partial charge in [-0.1, -0.05) is 37.3 Å². The van der Waals surface area contributed by atoms with Gasteiger partial charge in [0.1, 0.15) is 0 Å². The molecule has 0 aromatic heterocycles. The summed E-state index contributed by atoms with van der Waals surface area (Å²) in [4.78, 5) is 6.66. The third-order valence-corrected chi connectivity index (χ3v) is 3.57. The summed E-state index contributed by atoms with van der Waals surface area (Å²) in [5, 5.41) is 0. The molecule has 2 rings (SSSR count). The van der Waals surface area contributed by atoms with Gasteiger partial charge in [-0.2, -0.15) is 0 Å². The molecule has 0 amide bonds. The quantitative estimate of drug-likeness (QED) is 0.664. The van der Waals surface area contributed by atoms with Crippen molar-refractivity contribution < 1.29 is 4.74 Å². The molecule has 0 radical (unpaired) electrons. The standard InChI is InChI=1S/C15H23N3O/c1-2-13(14-6-4-3-5-7-14)12-17-15(16)18-8-10-19-11-9-18/h3-7,13H,2,8-12H2,1H3,(H2,16,17). The Kier molecular flexibility index (Phi) is 5.21. The van der Waals surface area contributed by atoms with Crippen molar-refractivity contribution in [2.75, 3.05) is 32.8 Å². The highest BCUT2D eigenvalue weighted by Gasteiger charge is 2.13. The van der Waals surface area contributed by atoms with E-state index in [-0.39, 0.29) is 0 Å². The lowest BCUT2D eigenvalue weighted by Gasteiger charge is -2.28. The van der Waals surface area contributed by atoms with Gasteiger partial charge in [0.25, 0.3) is 0 Å². The van der Waals surface area contributed by atoms with Crippen LogP contribution in [0.4, 0.5) is 0 Å². The topological polar surface area (TPSA) is 50.8 Å². The second-order valence-electron chi connectivity index (χ2n) is 4.81. The number of aliphatic imine (C=N–C) groups is 1. The Bertz CT molecular complexity index is 399. The fraction of sp³-hybridized carbons (Fsp3) is 0.533. The van der Waals surface area contributed by atoms with Crippen LogP contribution >= 0.6 is 0 Å². The van der Waals surface area contributed by atoms with E-state index in [1.54, 1.807) is 0 Å². The summed E-state index contributed by atoms with van der Waals surface area (Å²) in [6, 6.07) is 10.5. The highest BCUT2D eigenvalue weighted by molar-refractivity contribution is 5.78. The zero-order chi connectivity index (χ0) is 13.5. The van der Waals surface area contributed by atoms with Crippen LogP contribution in [0.5, 0.6) is 0 Å². The number of guanidine groups is 1. The Morgan fingerprint density at radius 2 is 2.00 bits per heavy atom. The fourth-order valence-electron chi connectivity index (χ4n) is 2.29. The summed E-state index contributed by atoms with van der Waals surface area (Å²) in [5.41, 5.74) is 7.39. The molecule has 0 spiro atoms. The third-order valence-electron chi connectivity index (χ3n) is 3.57. The van der Waals surface area contributed by atoms with Gasteiger partial charge in [0.15, 0.2) is 5.96 Å². The van der Waals surface area contributed by atoms with Gasteiger partial charge >= 0.3 is 0 Å². The van der Waals surface area contributed by atoms with E-state index < -0.39 is 0 Å². The minimum absolute atomic E-state index is 0.445. The number of morpholine rings is 1. The first-order valence-corrected chi connectivity index (χ1v) is 6.98. The first kappa shape index (κ1) is 13.9. The molecule has 1 saturated heterocycles. The maximum absolute atomic E-state index is 6.05. The maximum Gasteiger partial charge on any atom is 0.191 e. The molecule has 1 unspecified atom stereocenters. The van der Waals surface area contributed by atoms with Crippen molar-refractivity contribution in [2.45, 2.75) is 19.3 Å². The Hall–Kier alpha value is -1.55. The van der Waals surface area contributed by atoms with Crippen LogP contribution in [0.2, 0.25) is 0 Å². The van der Waals surface area contributed by atoms with Gasteiger partial charge < -0.3 is 15.4 Å². The molecule has 0 aliphatic carbocycles. The van der Waals surface area contributed by atoms with Crippen LogP contribution in [0.15, 0.2) is 35.3 Å². The monoisotopic (exact) mass is 261 g/mol. The Morgan fingerprint density at radius 3 is 2.63 bits per heavy atom. The van der Waals surface area contributed by atoms with Crippen LogP contribution in [-0.2, 0) is 4.74 Å². The van der Waals surface area contributed by atoms with Crippen molar-refractivity contribution in [3.8, 4) is 0 Å². The van der Waals surface area contributed by atoms with E-state index in [9.17, 15) is 0 Å². The van der Waals surface area contributed by atoms with Gasteiger partial charge in [0.2, 0.25) is 0 Å². The predicted molar refractivity (Wildman–Crippen MR) is 78.4 cm³/mol. The first-order chi connectivity index (χ1) is 9.31. The molecule has 4 heteroatoms. The number of hydrogen-bond donors (Lipinski definition) is 1. The fourth-order valence-corrected chi connectivity index (χ4v) is 2.29. The largest absolute Gasteiger partial charge is 0.378 e. The van der Waals surface area contributed by atoms with E-state index in [0.717, 1.165) is 39.3 Å². The summed E-state index contributed by atoms with van der Waals surface area (Å²) in [7, 11) is 0. The van der Waals surface area contributed by atoms with Crippen LogP contribution in [0.3, 0.4) is 0 Å². The van der Waals surface area contributed by atoms with Gasteiger partial charge in [-0.25, -0.2) is 0 Å². The lowest BCUT2D eigenvalue weighted by atomic mass is 9.97. The Morgan fingerprint density at radius 1 is 1.32 bits per heavy atom. The van der Waals surface area contributed by atoms with Crippen LogP contribution in [-0.4, -0.2) is 43.7 Å². The molecule has 1 aliphatic heterocycles. The molecule has 2 N–H and O–H groups in total. The van der Waals surface area contributed by atoms with Crippen LogP contribution in [0.25, 0.3) is 0 Å². The average molecular weight is 261 g/mol. The molecule has 1 aromatic rings. The summed E-state index contributed by atoms with van der Waals surface area (Å²) in [6.45, 7) is 6.12. The van der Waals surface area contributed by atoms with Crippen molar-refractivity contribution in [3.05, 3.63) is 35.9 Å². The van der Waals surface area contributed by atoms with Crippen LogP contribution < -0.4 is 5.73 Å². The van der Waals surface area contributed by atoms with Crippen molar-refractivity contribution in [1.82, 2.24) is 4.90 Å². The Balaban J connectivity index is 1.95. The normalized spacial score (nSPS) is 18.4. The second-order valence-corrected chi connectivity index (χ2v) is 4.81. The minimum atomic E-state index is 0.445. The Labute approximate surface area is 115 Å². The zero-order valence-electron chi connectivity index (χ0n) is 11.6. The zero-order valence-corrected chi connectivity index (χ0v) is 11.6. The van der Waals surface area contributed by atoms with E-state index >= 15 is 0 Å². The number of benzene rings is 1. The van der Waals surface area contributed by atoms with Gasteiger partial charge in [0, 0.05) is 25.6 Å².